The number of amides is 1. The van der Waals surface area contributed by atoms with Gasteiger partial charge in [0.05, 0.1) is 23.1 Å². The van der Waals surface area contributed by atoms with E-state index in [1.165, 1.54) is 6.20 Å². The Morgan fingerprint density at radius 2 is 2.00 bits per heavy atom. The van der Waals surface area contributed by atoms with Crippen molar-refractivity contribution >= 4 is 23.5 Å². The lowest BCUT2D eigenvalue weighted by Crippen LogP contribution is -2.25. The minimum absolute atomic E-state index is 0.0311. The molecule has 0 bridgehead atoms. The van der Waals surface area contributed by atoms with Crippen LogP contribution < -0.4 is 5.32 Å². The summed E-state index contributed by atoms with van der Waals surface area (Å²) in [7, 11) is 0. The molecule has 0 aliphatic heterocycles. The van der Waals surface area contributed by atoms with Crippen molar-refractivity contribution < 1.29 is 14.7 Å². The number of carbonyl (C=O) groups is 2. The van der Waals surface area contributed by atoms with E-state index in [1.807, 2.05) is 12.1 Å². The van der Waals surface area contributed by atoms with Crippen molar-refractivity contribution in [3.05, 3.63) is 46.7 Å². The number of hydrogen-bond donors (Lipinski definition) is 2. The maximum Gasteiger partial charge on any atom is 0.303 e. The zero-order chi connectivity index (χ0) is 16.1. The van der Waals surface area contributed by atoms with Crippen molar-refractivity contribution in [2.24, 2.45) is 0 Å². The van der Waals surface area contributed by atoms with Gasteiger partial charge in [-0.05, 0) is 37.6 Å². The van der Waals surface area contributed by atoms with E-state index in [2.05, 4.69) is 10.4 Å². The number of carboxylic acid groups (broad SMARTS) is 1. The van der Waals surface area contributed by atoms with Gasteiger partial charge in [0.1, 0.15) is 0 Å². The van der Waals surface area contributed by atoms with E-state index in [-0.39, 0.29) is 12.3 Å². The quantitative estimate of drug-likeness (QED) is 0.800. The van der Waals surface area contributed by atoms with Gasteiger partial charge in [0, 0.05) is 18.0 Å². The smallest absolute Gasteiger partial charge is 0.303 e. The first kappa shape index (κ1) is 16.0. The summed E-state index contributed by atoms with van der Waals surface area (Å²) in [5, 5.41) is 16.1. The monoisotopic (exact) mass is 321 g/mol. The molecule has 2 rings (SSSR count). The molecule has 0 saturated heterocycles. The van der Waals surface area contributed by atoms with E-state index in [1.54, 1.807) is 23.7 Å². The molecule has 6 nitrogen and oxygen atoms in total. The highest BCUT2D eigenvalue weighted by atomic mass is 35.5. The van der Waals surface area contributed by atoms with Crippen LogP contribution in [0.2, 0.25) is 5.02 Å². The van der Waals surface area contributed by atoms with Gasteiger partial charge in [-0.15, -0.1) is 0 Å². The number of aromatic nitrogens is 2. The van der Waals surface area contributed by atoms with Crippen molar-refractivity contribution in [2.75, 3.05) is 6.54 Å². The lowest BCUT2D eigenvalue weighted by molar-refractivity contribution is -0.137. The summed E-state index contributed by atoms with van der Waals surface area (Å²) < 4.78 is 1.66. The average Bonchev–Trinajstić information content (AvgIpc) is 2.86. The number of nitrogens with one attached hydrogen (secondary N) is 1. The second kappa shape index (κ2) is 7.09. The molecule has 0 fully saturated rings. The largest absolute Gasteiger partial charge is 0.481 e. The molecule has 2 aromatic rings. The van der Waals surface area contributed by atoms with Crippen LogP contribution in [0, 0.1) is 6.92 Å². The van der Waals surface area contributed by atoms with Crippen LogP contribution in [-0.2, 0) is 4.79 Å². The highest BCUT2D eigenvalue weighted by Gasteiger charge is 2.14. The fourth-order valence-corrected chi connectivity index (χ4v) is 2.14. The van der Waals surface area contributed by atoms with E-state index < -0.39 is 5.97 Å². The molecule has 0 spiro atoms. The van der Waals surface area contributed by atoms with E-state index in [0.717, 1.165) is 5.69 Å². The van der Waals surface area contributed by atoms with Gasteiger partial charge in [-0.3, -0.25) is 9.59 Å². The molecule has 0 aliphatic carbocycles. The summed E-state index contributed by atoms with van der Waals surface area (Å²) in [6.07, 6.45) is 1.92. The molecule has 1 heterocycles. The molecule has 1 aromatic heterocycles. The Bertz CT molecular complexity index is 680. The molecular weight excluding hydrogens is 306 g/mol. The van der Waals surface area contributed by atoms with E-state index in [9.17, 15) is 9.59 Å². The third kappa shape index (κ3) is 3.85. The number of nitrogens with zero attached hydrogens (tertiary/aromatic N) is 2. The van der Waals surface area contributed by atoms with Crippen LogP contribution in [0.4, 0.5) is 0 Å². The van der Waals surface area contributed by atoms with Gasteiger partial charge in [0.25, 0.3) is 5.91 Å². The molecule has 7 heteroatoms. The Morgan fingerprint density at radius 1 is 1.32 bits per heavy atom. The fourth-order valence-electron chi connectivity index (χ4n) is 2.01. The first-order valence-corrected chi connectivity index (χ1v) is 7.17. The number of hydrogen-bond acceptors (Lipinski definition) is 3. The number of carbonyl (C=O) groups excluding carboxylic acids is 1. The number of aliphatic carboxylic acids is 1. The van der Waals surface area contributed by atoms with Crippen LogP contribution in [0.25, 0.3) is 5.69 Å². The van der Waals surface area contributed by atoms with Gasteiger partial charge >= 0.3 is 5.97 Å². The third-order valence-corrected chi connectivity index (χ3v) is 3.43. The Labute approximate surface area is 132 Å². The molecule has 0 unspecified atom stereocenters. The molecule has 1 aromatic carbocycles. The van der Waals surface area contributed by atoms with Gasteiger partial charge in [0.2, 0.25) is 0 Å². The van der Waals surface area contributed by atoms with Crippen LogP contribution in [0.1, 0.15) is 28.9 Å². The van der Waals surface area contributed by atoms with Crippen molar-refractivity contribution in [2.45, 2.75) is 19.8 Å². The second-order valence-corrected chi connectivity index (χ2v) is 5.22. The Balaban J connectivity index is 2.05. The van der Waals surface area contributed by atoms with E-state index in [4.69, 9.17) is 16.7 Å². The number of benzene rings is 1. The molecule has 0 aliphatic rings. The highest BCUT2D eigenvalue weighted by molar-refractivity contribution is 6.30. The second-order valence-electron chi connectivity index (χ2n) is 4.79. The molecule has 0 saturated carbocycles. The summed E-state index contributed by atoms with van der Waals surface area (Å²) in [5.41, 5.74) is 1.98. The normalized spacial score (nSPS) is 10.5. The van der Waals surface area contributed by atoms with E-state index >= 15 is 0 Å². The average molecular weight is 322 g/mol. The van der Waals surface area contributed by atoms with Crippen LogP contribution in [0.15, 0.2) is 30.5 Å². The molecule has 0 atom stereocenters. The number of rotatable bonds is 6. The fraction of sp³-hybridized carbons (Fsp3) is 0.267. The minimum Gasteiger partial charge on any atom is -0.481 e. The molecule has 116 valence electrons. The van der Waals surface area contributed by atoms with Gasteiger partial charge in [-0.2, -0.15) is 5.10 Å². The minimum atomic E-state index is -0.874. The summed E-state index contributed by atoms with van der Waals surface area (Å²) in [5.74, 6) is -1.14. The molecule has 22 heavy (non-hydrogen) atoms. The molecular formula is C15H16ClN3O3. The third-order valence-electron chi connectivity index (χ3n) is 3.18. The molecule has 0 radical (unpaired) electrons. The topological polar surface area (TPSA) is 84.2 Å². The Morgan fingerprint density at radius 3 is 2.64 bits per heavy atom. The zero-order valence-corrected chi connectivity index (χ0v) is 12.8. The standard InChI is InChI=1S/C15H16ClN3O3/c1-10-13(15(22)17-8-2-3-14(20)21)9-18-19(10)12-6-4-11(16)5-7-12/h4-7,9H,2-3,8H2,1H3,(H,17,22)(H,20,21). The van der Waals surface area contributed by atoms with Crippen molar-refractivity contribution in [1.29, 1.82) is 0 Å². The summed E-state index contributed by atoms with van der Waals surface area (Å²) in [6, 6.07) is 7.14. The van der Waals surface area contributed by atoms with Crippen molar-refractivity contribution in [3.8, 4) is 5.69 Å². The summed E-state index contributed by atoms with van der Waals surface area (Å²) in [4.78, 5) is 22.5. The number of halogens is 1. The SMILES string of the molecule is Cc1c(C(=O)NCCCC(=O)O)cnn1-c1ccc(Cl)cc1. The van der Waals surface area contributed by atoms with Crippen LogP contribution in [-0.4, -0.2) is 33.3 Å². The van der Waals surface area contributed by atoms with Crippen molar-refractivity contribution in [3.63, 3.8) is 0 Å². The highest BCUT2D eigenvalue weighted by Crippen LogP contribution is 2.16. The Hall–Kier alpha value is -2.34. The van der Waals surface area contributed by atoms with Crippen LogP contribution in [0.3, 0.4) is 0 Å². The predicted molar refractivity (Wildman–Crippen MR) is 82.5 cm³/mol. The maximum absolute atomic E-state index is 12.1. The lowest BCUT2D eigenvalue weighted by Gasteiger charge is -2.06. The van der Waals surface area contributed by atoms with E-state index in [0.29, 0.717) is 29.2 Å². The zero-order valence-electron chi connectivity index (χ0n) is 12.0. The summed E-state index contributed by atoms with van der Waals surface area (Å²) >= 11 is 5.85. The van der Waals surface area contributed by atoms with Crippen LogP contribution in [0.5, 0.6) is 0 Å². The van der Waals surface area contributed by atoms with Crippen LogP contribution >= 0.6 is 11.6 Å². The molecule has 2 N–H and O–H groups in total. The van der Waals surface area contributed by atoms with Crippen molar-refractivity contribution in [1.82, 2.24) is 15.1 Å². The Kier molecular flexibility index (Phi) is 5.16. The van der Waals surface area contributed by atoms with Gasteiger partial charge in [-0.25, -0.2) is 4.68 Å². The predicted octanol–water partition coefficient (Wildman–Crippen LogP) is 2.43. The number of carboxylic acids is 1. The summed E-state index contributed by atoms with van der Waals surface area (Å²) in [6.45, 7) is 2.12. The maximum atomic E-state index is 12.1. The van der Waals surface area contributed by atoms with Gasteiger partial charge in [-0.1, -0.05) is 11.6 Å². The van der Waals surface area contributed by atoms with Gasteiger partial charge < -0.3 is 10.4 Å². The lowest BCUT2D eigenvalue weighted by atomic mass is 10.2. The molecule has 1 amide bonds. The van der Waals surface area contributed by atoms with Gasteiger partial charge in [0.15, 0.2) is 0 Å². The first-order chi connectivity index (χ1) is 10.5. The first-order valence-electron chi connectivity index (χ1n) is 6.79.